The fourth-order valence-electron chi connectivity index (χ4n) is 4.25. The number of hydrogen-bond acceptors (Lipinski definition) is 3. The zero-order valence-electron chi connectivity index (χ0n) is 17.4. The van der Waals surface area contributed by atoms with Crippen molar-refractivity contribution < 1.29 is 19.4 Å². The van der Waals surface area contributed by atoms with Crippen molar-refractivity contribution >= 4 is 12.1 Å². The number of benzene rings is 3. The Morgan fingerprint density at radius 3 is 2.03 bits per heavy atom. The molecule has 5 nitrogen and oxygen atoms in total. The largest absolute Gasteiger partial charge is 0.480 e. The average molecular weight is 415 g/mol. The van der Waals surface area contributed by atoms with Crippen molar-refractivity contribution in [3.05, 3.63) is 95.6 Å². The van der Waals surface area contributed by atoms with Crippen LogP contribution in [0.25, 0.3) is 11.1 Å². The van der Waals surface area contributed by atoms with Crippen LogP contribution in [0.2, 0.25) is 0 Å². The van der Waals surface area contributed by atoms with Crippen molar-refractivity contribution in [1.29, 1.82) is 0 Å². The summed E-state index contributed by atoms with van der Waals surface area (Å²) >= 11 is 0. The molecule has 1 N–H and O–H groups in total. The molecule has 0 aliphatic heterocycles. The Labute approximate surface area is 181 Å². The van der Waals surface area contributed by atoms with Crippen LogP contribution in [-0.2, 0) is 16.0 Å². The van der Waals surface area contributed by atoms with E-state index >= 15 is 0 Å². The van der Waals surface area contributed by atoms with E-state index in [0.29, 0.717) is 12.8 Å². The van der Waals surface area contributed by atoms with Crippen molar-refractivity contribution in [2.24, 2.45) is 0 Å². The SMILES string of the molecule is CN(C(=O)OCC1c2ccccc2-c2ccccc21)[C@@H](CCc1ccccc1)C(=O)O. The van der Waals surface area contributed by atoms with Crippen LogP contribution in [0, 0.1) is 0 Å². The Morgan fingerprint density at radius 1 is 0.903 bits per heavy atom. The van der Waals surface area contributed by atoms with Crippen LogP contribution in [0.4, 0.5) is 4.79 Å². The lowest BCUT2D eigenvalue weighted by molar-refractivity contribution is -0.142. The first-order valence-electron chi connectivity index (χ1n) is 10.4. The Morgan fingerprint density at radius 2 is 1.45 bits per heavy atom. The number of carbonyl (C=O) groups is 2. The van der Waals surface area contributed by atoms with Crippen LogP contribution in [0.15, 0.2) is 78.9 Å². The first kappa shape index (κ1) is 20.7. The minimum absolute atomic E-state index is 0.0580. The fourth-order valence-corrected chi connectivity index (χ4v) is 4.25. The number of carbonyl (C=O) groups excluding carboxylic acids is 1. The zero-order valence-corrected chi connectivity index (χ0v) is 17.4. The Kier molecular flexibility index (Phi) is 6.03. The van der Waals surface area contributed by atoms with Gasteiger partial charge in [-0.05, 0) is 40.7 Å². The highest BCUT2D eigenvalue weighted by atomic mass is 16.6. The number of ether oxygens (including phenoxy) is 1. The van der Waals surface area contributed by atoms with Gasteiger partial charge in [0.25, 0.3) is 0 Å². The molecule has 0 aromatic heterocycles. The van der Waals surface area contributed by atoms with Crippen molar-refractivity contribution in [2.45, 2.75) is 24.8 Å². The van der Waals surface area contributed by atoms with Gasteiger partial charge in [0.15, 0.2) is 0 Å². The standard InChI is InChI=1S/C26H25NO4/c1-27(24(25(28)29)16-15-18-9-3-2-4-10-18)26(30)31-17-23-21-13-7-5-11-19(21)20-12-6-8-14-22(20)23/h2-14,23-24H,15-17H2,1H3,(H,28,29)/t24-/m0/s1. The topological polar surface area (TPSA) is 66.8 Å². The van der Waals surface area contributed by atoms with Crippen molar-refractivity contribution in [2.75, 3.05) is 13.7 Å². The summed E-state index contributed by atoms with van der Waals surface area (Å²) in [5.74, 6) is -1.09. The van der Waals surface area contributed by atoms with Gasteiger partial charge in [-0.3, -0.25) is 4.90 Å². The molecule has 0 heterocycles. The molecule has 0 fully saturated rings. The molecule has 1 atom stereocenters. The number of carboxylic acid groups (broad SMARTS) is 1. The monoisotopic (exact) mass is 415 g/mol. The van der Waals surface area contributed by atoms with Gasteiger partial charge in [0.2, 0.25) is 0 Å². The highest BCUT2D eigenvalue weighted by molar-refractivity contribution is 5.81. The molecule has 0 radical (unpaired) electrons. The van der Waals surface area contributed by atoms with E-state index in [0.717, 1.165) is 27.8 Å². The van der Waals surface area contributed by atoms with E-state index in [1.165, 1.54) is 11.9 Å². The summed E-state index contributed by atoms with van der Waals surface area (Å²) in [4.78, 5) is 25.7. The maximum atomic E-state index is 12.7. The number of carboxylic acids is 1. The lowest BCUT2D eigenvalue weighted by Gasteiger charge is -2.25. The van der Waals surface area contributed by atoms with E-state index in [9.17, 15) is 14.7 Å². The Hall–Kier alpha value is -3.60. The van der Waals surface area contributed by atoms with Crippen molar-refractivity contribution in [3.8, 4) is 11.1 Å². The first-order valence-corrected chi connectivity index (χ1v) is 10.4. The quantitative estimate of drug-likeness (QED) is 0.593. The minimum Gasteiger partial charge on any atom is -0.480 e. The number of rotatable bonds is 7. The molecular formula is C26H25NO4. The van der Waals surface area contributed by atoms with E-state index in [-0.39, 0.29) is 12.5 Å². The molecule has 4 rings (SSSR count). The Bertz CT molecular complexity index is 1030. The molecule has 0 saturated carbocycles. The predicted octanol–water partition coefficient (Wildman–Crippen LogP) is 4.95. The summed E-state index contributed by atoms with van der Waals surface area (Å²) in [6.07, 6.45) is 0.265. The van der Waals surface area contributed by atoms with Gasteiger partial charge >= 0.3 is 12.1 Å². The van der Waals surface area contributed by atoms with Gasteiger partial charge in [0.1, 0.15) is 12.6 Å². The van der Waals surface area contributed by atoms with Crippen LogP contribution in [0.1, 0.15) is 29.0 Å². The molecular weight excluding hydrogens is 390 g/mol. The number of aryl methyl sites for hydroxylation is 1. The maximum Gasteiger partial charge on any atom is 0.410 e. The number of hydrogen-bond donors (Lipinski definition) is 1. The smallest absolute Gasteiger partial charge is 0.410 e. The number of fused-ring (bicyclic) bond motifs is 3. The molecule has 5 heteroatoms. The molecule has 3 aromatic carbocycles. The van der Waals surface area contributed by atoms with Gasteiger partial charge in [-0.15, -0.1) is 0 Å². The van der Waals surface area contributed by atoms with Crippen LogP contribution < -0.4 is 0 Å². The zero-order chi connectivity index (χ0) is 21.8. The van der Waals surface area contributed by atoms with Crippen LogP contribution >= 0.6 is 0 Å². The number of aliphatic carboxylic acids is 1. The van der Waals surface area contributed by atoms with Gasteiger partial charge in [0.05, 0.1) is 0 Å². The van der Waals surface area contributed by atoms with Crippen molar-refractivity contribution in [1.82, 2.24) is 4.90 Å². The van der Waals surface area contributed by atoms with Gasteiger partial charge < -0.3 is 9.84 Å². The summed E-state index contributed by atoms with van der Waals surface area (Å²) < 4.78 is 5.61. The summed E-state index contributed by atoms with van der Waals surface area (Å²) in [5, 5.41) is 9.66. The van der Waals surface area contributed by atoms with Crippen LogP contribution in [-0.4, -0.2) is 41.8 Å². The van der Waals surface area contributed by atoms with Crippen LogP contribution in [0.3, 0.4) is 0 Å². The summed E-state index contributed by atoms with van der Waals surface area (Å²) in [6.45, 7) is 0.169. The van der Waals surface area contributed by atoms with Crippen molar-refractivity contribution in [3.63, 3.8) is 0 Å². The van der Waals surface area contributed by atoms with E-state index in [1.54, 1.807) is 0 Å². The van der Waals surface area contributed by atoms with E-state index in [2.05, 4.69) is 24.3 Å². The second-order valence-electron chi connectivity index (χ2n) is 7.79. The van der Waals surface area contributed by atoms with Crippen LogP contribution in [0.5, 0.6) is 0 Å². The highest BCUT2D eigenvalue weighted by Crippen LogP contribution is 2.44. The lowest BCUT2D eigenvalue weighted by atomic mass is 9.98. The average Bonchev–Trinajstić information content (AvgIpc) is 3.11. The molecule has 3 aromatic rings. The third-order valence-corrected chi connectivity index (χ3v) is 5.93. The number of likely N-dealkylation sites (N-methyl/N-ethyl adjacent to an activating group) is 1. The molecule has 1 aliphatic rings. The molecule has 158 valence electrons. The second kappa shape index (κ2) is 9.04. The molecule has 0 bridgehead atoms. The van der Waals surface area contributed by atoms with Gasteiger partial charge in [-0.1, -0.05) is 78.9 Å². The Balaban J connectivity index is 1.43. The van der Waals surface area contributed by atoms with E-state index in [4.69, 9.17) is 4.74 Å². The number of nitrogens with zero attached hydrogens (tertiary/aromatic N) is 1. The summed E-state index contributed by atoms with van der Waals surface area (Å²) in [7, 11) is 1.49. The maximum absolute atomic E-state index is 12.7. The summed E-state index contributed by atoms with van der Waals surface area (Å²) in [5.41, 5.74) is 5.59. The first-order chi connectivity index (χ1) is 15.1. The normalized spacial score (nSPS) is 13.2. The van der Waals surface area contributed by atoms with Gasteiger partial charge in [-0.25, -0.2) is 9.59 Å². The molecule has 1 amide bonds. The molecule has 31 heavy (non-hydrogen) atoms. The van der Waals surface area contributed by atoms with Gasteiger partial charge in [-0.2, -0.15) is 0 Å². The molecule has 0 spiro atoms. The fraction of sp³-hybridized carbons (Fsp3) is 0.231. The third kappa shape index (κ3) is 4.31. The molecule has 1 aliphatic carbocycles. The number of amides is 1. The second-order valence-corrected chi connectivity index (χ2v) is 7.79. The molecule has 0 saturated heterocycles. The minimum atomic E-state index is -1.04. The van der Waals surface area contributed by atoms with E-state index in [1.807, 2.05) is 54.6 Å². The predicted molar refractivity (Wildman–Crippen MR) is 119 cm³/mol. The third-order valence-electron chi connectivity index (χ3n) is 5.93. The molecule has 0 unspecified atom stereocenters. The van der Waals surface area contributed by atoms with Gasteiger partial charge in [0, 0.05) is 13.0 Å². The highest BCUT2D eigenvalue weighted by Gasteiger charge is 2.31. The summed E-state index contributed by atoms with van der Waals surface area (Å²) in [6, 6.07) is 24.9. The lowest BCUT2D eigenvalue weighted by Crippen LogP contribution is -2.43. The van der Waals surface area contributed by atoms with E-state index < -0.39 is 18.1 Å².